The summed E-state index contributed by atoms with van der Waals surface area (Å²) in [5, 5.41) is 18.0. The summed E-state index contributed by atoms with van der Waals surface area (Å²) >= 11 is 0. The molecule has 0 radical (unpaired) electrons. The fraction of sp³-hybridized carbons (Fsp3) is 0.500. The third kappa shape index (κ3) is 3.70. The second kappa shape index (κ2) is 6.18. The van der Waals surface area contributed by atoms with E-state index in [0.717, 1.165) is 32.1 Å². The smallest absolute Gasteiger partial charge is 0.488 e. The van der Waals surface area contributed by atoms with Gasteiger partial charge in [-0.2, -0.15) is 0 Å². The average Bonchev–Trinajstić information content (AvgIpc) is 2.37. The monoisotopic (exact) mass is 254 g/mol. The molecular weight excluding hydrogens is 238 g/mol. The van der Waals surface area contributed by atoms with E-state index in [-0.39, 0.29) is 5.46 Å². The molecule has 18 heavy (non-hydrogen) atoms. The van der Waals surface area contributed by atoms with Gasteiger partial charge >= 0.3 is 7.12 Å². The van der Waals surface area contributed by atoms with E-state index in [9.17, 15) is 4.39 Å². The van der Waals surface area contributed by atoms with E-state index < -0.39 is 12.9 Å². The highest BCUT2D eigenvalue weighted by Gasteiger charge is 2.16. The number of hydrogen-bond donors (Lipinski definition) is 2. The van der Waals surface area contributed by atoms with Gasteiger partial charge in [0.2, 0.25) is 0 Å². The Bertz CT molecular complexity index is 394. The first kappa shape index (κ1) is 13.3. The van der Waals surface area contributed by atoms with Crippen LogP contribution in [0.1, 0.15) is 12.8 Å². The van der Waals surface area contributed by atoms with Gasteiger partial charge in [0.1, 0.15) is 11.6 Å². The first-order valence-electron chi connectivity index (χ1n) is 6.02. The maximum Gasteiger partial charge on any atom is 0.488 e. The van der Waals surface area contributed by atoms with Crippen LogP contribution in [0.25, 0.3) is 0 Å². The minimum atomic E-state index is -1.69. The minimum Gasteiger partial charge on any atom is -0.493 e. The molecule has 2 rings (SSSR count). The van der Waals surface area contributed by atoms with E-state index in [4.69, 9.17) is 19.5 Å². The third-order valence-corrected chi connectivity index (χ3v) is 3.02. The van der Waals surface area contributed by atoms with E-state index in [1.807, 2.05) is 0 Å². The highest BCUT2D eigenvalue weighted by molar-refractivity contribution is 6.58. The van der Waals surface area contributed by atoms with Crippen LogP contribution in [-0.2, 0) is 4.74 Å². The van der Waals surface area contributed by atoms with Crippen LogP contribution >= 0.6 is 0 Å². The maximum absolute atomic E-state index is 13.2. The van der Waals surface area contributed by atoms with Crippen LogP contribution < -0.4 is 10.2 Å². The first-order chi connectivity index (χ1) is 8.65. The number of hydrogen-bond acceptors (Lipinski definition) is 4. The van der Waals surface area contributed by atoms with Gasteiger partial charge in [0.25, 0.3) is 0 Å². The summed E-state index contributed by atoms with van der Waals surface area (Å²) in [7, 11) is -1.69. The van der Waals surface area contributed by atoms with Crippen LogP contribution in [0.5, 0.6) is 5.75 Å². The Hall–Kier alpha value is -1.11. The topological polar surface area (TPSA) is 58.9 Å². The lowest BCUT2D eigenvalue weighted by Gasteiger charge is -2.22. The molecule has 0 aromatic heterocycles. The molecule has 0 aliphatic carbocycles. The van der Waals surface area contributed by atoms with Gasteiger partial charge in [-0.1, -0.05) is 0 Å². The molecule has 6 heteroatoms. The van der Waals surface area contributed by atoms with E-state index in [1.165, 1.54) is 12.1 Å². The van der Waals surface area contributed by atoms with Crippen molar-refractivity contribution < 1.29 is 23.9 Å². The van der Waals surface area contributed by atoms with Gasteiger partial charge in [-0.25, -0.2) is 4.39 Å². The molecule has 1 aliphatic heterocycles. The van der Waals surface area contributed by atoms with Gasteiger partial charge in [0.15, 0.2) is 0 Å². The predicted molar refractivity (Wildman–Crippen MR) is 65.3 cm³/mol. The van der Waals surface area contributed by atoms with Gasteiger partial charge in [-0.15, -0.1) is 0 Å². The Morgan fingerprint density at radius 3 is 2.67 bits per heavy atom. The zero-order valence-electron chi connectivity index (χ0n) is 10.0. The molecule has 98 valence electrons. The predicted octanol–water partition coefficient (Wildman–Crippen LogP) is 0.311. The average molecular weight is 254 g/mol. The van der Waals surface area contributed by atoms with Crippen LogP contribution in [0.3, 0.4) is 0 Å². The Morgan fingerprint density at radius 1 is 1.28 bits per heavy atom. The van der Waals surface area contributed by atoms with Gasteiger partial charge in [0, 0.05) is 19.3 Å². The maximum atomic E-state index is 13.2. The Balaban J connectivity index is 1.95. The molecule has 0 saturated carbocycles. The molecule has 0 spiro atoms. The Morgan fingerprint density at radius 2 is 2.00 bits per heavy atom. The van der Waals surface area contributed by atoms with Crippen molar-refractivity contribution in [1.82, 2.24) is 0 Å². The van der Waals surface area contributed by atoms with Crippen molar-refractivity contribution in [3.05, 3.63) is 24.0 Å². The van der Waals surface area contributed by atoms with Gasteiger partial charge in [-0.3, -0.25) is 0 Å². The molecule has 1 aromatic carbocycles. The number of benzene rings is 1. The van der Waals surface area contributed by atoms with Crippen molar-refractivity contribution in [3.8, 4) is 5.75 Å². The van der Waals surface area contributed by atoms with Gasteiger partial charge < -0.3 is 19.5 Å². The molecule has 0 bridgehead atoms. The molecule has 4 nitrogen and oxygen atoms in total. The van der Waals surface area contributed by atoms with Crippen LogP contribution in [-0.4, -0.2) is 37.0 Å². The summed E-state index contributed by atoms with van der Waals surface area (Å²) in [6.45, 7) is 1.96. The summed E-state index contributed by atoms with van der Waals surface area (Å²) in [6.07, 6.45) is 1.87. The summed E-state index contributed by atoms with van der Waals surface area (Å²) in [5.41, 5.74) is 0.0944. The van der Waals surface area contributed by atoms with Crippen LogP contribution in [0.2, 0.25) is 0 Å². The summed E-state index contributed by atoms with van der Waals surface area (Å²) < 4.78 is 24.0. The lowest BCUT2D eigenvalue weighted by molar-refractivity contribution is 0.0497. The zero-order valence-corrected chi connectivity index (χ0v) is 10.0. The SMILES string of the molecule is OB(O)c1cc(F)cc(OCC2CCOCC2)c1. The van der Waals surface area contributed by atoms with Crippen molar-refractivity contribution in [2.24, 2.45) is 5.92 Å². The van der Waals surface area contributed by atoms with Crippen molar-refractivity contribution in [1.29, 1.82) is 0 Å². The van der Waals surface area contributed by atoms with Crippen molar-refractivity contribution in [2.45, 2.75) is 12.8 Å². The third-order valence-electron chi connectivity index (χ3n) is 3.02. The van der Waals surface area contributed by atoms with Crippen LogP contribution in [0.15, 0.2) is 18.2 Å². The second-order valence-electron chi connectivity index (χ2n) is 4.46. The van der Waals surface area contributed by atoms with Gasteiger partial charge in [-0.05, 0) is 36.4 Å². The number of ether oxygens (including phenoxy) is 2. The Labute approximate surface area is 105 Å². The van der Waals surface area contributed by atoms with E-state index in [0.29, 0.717) is 18.3 Å². The van der Waals surface area contributed by atoms with E-state index in [1.54, 1.807) is 0 Å². The quantitative estimate of drug-likeness (QED) is 0.759. The standard InChI is InChI=1S/C12H16BFO4/c14-11-5-10(13(15)16)6-12(7-11)18-8-9-1-3-17-4-2-9/h5-7,9,15-16H,1-4,8H2. The lowest BCUT2D eigenvalue weighted by atomic mass is 9.80. The fourth-order valence-corrected chi connectivity index (χ4v) is 1.94. The largest absolute Gasteiger partial charge is 0.493 e. The van der Waals surface area contributed by atoms with Crippen molar-refractivity contribution in [2.75, 3.05) is 19.8 Å². The number of halogens is 1. The normalized spacial score (nSPS) is 16.6. The van der Waals surface area contributed by atoms with Crippen molar-refractivity contribution in [3.63, 3.8) is 0 Å². The van der Waals surface area contributed by atoms with E-state index >= 15 is 0 Å². The molecule has 2 N–H and O–H groups in total. The van der Waals surface area contributed by atoms with Crippen LogP contribution in [0, 0.1) is 11.7 Å². The molecule has 1 heterocycles. The minimum absolute atomic E-state index is 0.0944. The molecule has 0 unspecified atom stereocenters. The van der Waals surface area contributed by atoms with Crippen LogP contribution in [0.4, 0.5) is 4.39 Å². The second-order valence-corrected chi connectivity index (χ2v) is 4.46. The highest BCUT2D eigenvalue weighted by Crippen LogP contribution is 2.18. The zero-order chi connectivity index (χ0) is 13.0. The number of rotatable bonds is 4. The van der Waals surface area contributed by atoms with E-state index in [2.05, 4.69) is 0 Å². The lowest BCUT2D eigenvalue weighted by Crippen LogP contribution is -2.30. The first-order valence-corrected chi connectivity index (χ1v) is 6.02. The summed E-state index contributed by atoms with van der Waals surface area (Å²) in [6, 6.07) is 3.75. The van der Waals surface area contributed by atoms with Crippen molar-refractivity contribution >= 4 is 12.6 Å². The molecular formula is C12H16BFO4. The molecule has 1 saturated heterocycles. The molecule has 1 aromatic rings. The summed E-state index contributed by atoms with van der Waals surface area (Å²) in [4.78, 5) is 0. The molecule has 1 fully saturated rings. The molecule has 0 amide bonds. The van der Waals surface area contributed by atoms with Gasteiger partial charge in [0.05, 0.1) is 6.61 Å². The molecule has 0 atom stereocenters. The Kier molecular flexibility index (Phi) is 4.57. The highest BCUT2D eigenvalue weighted by atomic mass is 19.1. The molecule has 1 aliphatic rings. The fourth-order valence-electron chi connectivity index (χ4n) is 1.94. The summed E-state index contributed by atoms with van der Waals surface area (Å²) in [5.74, 6) is 0.191.